The van der Waals surface area contributed by atoms with E-state index >= 15 is 0 Å². The van der Waals surface area contributed by atoms with Crippen LogP contribution in [0.15, 0.2) is 24.3 Å². The molecule has 1 aromatic rings. The third kappa shape index (κ3) is 1.68. The first-order valence-electron chi connectivity index (χ1n) is 6.27. The van der Waals surface area contributed by atoms with Gasteiger partial charge in [0.25, 0.3) is 0 Å². The van der Waals surface area contributed by atoms with Crippen molar-refractivity contribution in [3.8, 4) is 0 Å². The number of hydrogen-bond donors (Lipinski definition) is 1. The lowest BCUT2D eigenvalue weighted by Gasteiger charge is -2.23. The summed E-state index contributed by atoms with van der Waals surface area (Å²) in [6.45, 7) is 0.354. The van der Waals surface area contributed by atoms with Crippen LogP contribution in [0.4, 0.5) is 0 Å². The fourth-order valence-electron chi connectivity index (χ4n) is 3.06. The highest BCUT2D eigenvalue weighted by Gasteiger charge is 2.41. The minimum absolute atomic E-state index is 0.0442. The molecule has 1 fully saturated rings. The Labute approximate surface area is 105 Å². The molecule has 2 aliphatic heterocycles. The molecule has 2 heterocycles. The molecular weight excluding hydrogens is 230 g/mol. The van der Waals surface area contributed by atoms with Crippen molar-refractivity contribution in [3.63, 3.8) is 0 Å². The second kappa shape index (κ2) is 4.12. The van der Waals surface area contributed by atoms with Gasteiger partial charge in [0.2, 0.25) is 5.91 Å². The highest BCUT2D eigenvalue weighted by Crippen LogP contribution is 2.39. The van der Waals surface area contributed by atoms with E-state index in [1.165, 1.54) is 5.56 Å². The Morgan fingerprint density at radius 2 is 2.06 bits per heavy atom. The first-order valence-corrected chi connectivity index (χ1v) is 6.27. The molecule has 18 heavy (non-hydrogen) atoms. The van der Waals surface area contributed by atoms with Crippen molar-refractivity contribution >= 4 is 11.9 Å². The van der Waals surface area contributed by atoms with Gasteiger partial charge in [-0.15, -0.1) is 0 Å². The van der Waals surface area contributed by atoms with E-state index in [1.807, 2.05) is 24.3 Å². The number of rotatable bonds is 1. The lowest BCUT2D eigenvalue weighted by Crippen LogP contribution is -2.30. The number of carbonyl (C=O) groups is 2. The second-order valence-electron chi connectivity index (χ2n) is 5.03. The minimum Gasteiger partial charge on any atom is -0.481 e. The van der Waals surface area contributed by atoms with E-state index in [4.69, 9.17) is 5.11 Å². The first-order chi connectivity index (χ1) is 8.66. The van der Waals surface area contributed by atoms with Gasteiger partial charge >= 0.3 is 5.97 Å². The molecule has 1 amide bonds. The minimum atomic E-state index is -0.798. The van der Waals surface area contributed by atoms with Crippen molar-refractivity contribution in [2.24, 2.45) is 5.92 Å². The van der Waals surface area contributed by atoms with E-state index in [0.29, 0.717) is 19.4 Å². The standard InChI is InChI=1S/C14H15NO3/c16-13-6-5-9-3-1-2-4-11(9)12-7-10(14(17)18)8-15(12)13/h1-4,10,12H,5-8H2,(H,17,18)/t10-,12?/m1/s1. The topological polar surface area (TPSA) is 57.6 Å². The lowest BCUT2D eigenvalue weighted by molar-refractivity contribution is -0.141. The van der Waals surface area contributed by atoms with Crippen LogP contribution in [0, 0.1) is 5.92 Å². The summed E-state index contributed by atoms with van der Waals surface area (Å²) < 4.78 is 0. The van der Waals surface area contributed by atoms with Crippen molar-refractivity contribution < 1.29 is 14.7 Å². The van der Waals surface area contributed by atoms with Crippen LogP contribution in [0.2, 0.25) is 0 Å². The fourth-order valence-corrected chi connectivity index (χ4v) is 3.06. The van der Waals surface area contributed by atoms with Crippen LogP contribution in [-0.4, -0.2) is 28.4 Å². The largest absolute Gasteiger partial charge is 0.481 e. The van der Waals surface area contributed by atoms with Crippen LogP contribution < -0.4 is 0 Å². The van der Waals surface area contributed by atoms with Gasteiger partial charge in [0.15, 0.2) is 0 Å². The van der Waals surface area contributed by atoms with Crippen LogP contribution >= 0.6 is 0 Å². The molecule has 0 spiro atoms. The Morgan fingerprint density at radius 3 is 2.83 bits per heavy atom. The van der Waals surface area contributed by atoms with Crippen LogP contribution in [0.25, 0.3) is 0 Å². The predicted octanol–water partition coefficient (Wildman–Crippen LogP) is 1.61. The maximum absolute atomic E-state index is 12.1. The highest BCUT2D eigenvalue weighted by atomic mass is 16.4. The molecule has 0 aromatic heterocycles. The zero-order chi connectivity index (χ0) is 12.7. The molecule has 3 rings (SSSR count). The van der Waals surface area contributed by atoms with Gasteiger partial charge in [-0.25, -0.2) is 0 Å². The number of hydrogen-bond acceptors (Lipinski definition) is 2. The van der Waals surface area contributed by atoms with E-state index in [1.54, 1.807) is 4.90 Å². The second-order valence-corrected chi connectivity index (χ2v) is 5.03. The summed E-state index contributed by atoms with van der Waals surface area (Å²) in [4.78, 5) is 24.9. The SMILES string of the molecule is O=C(O)[C@@H]1CC2c3ccccc3CCC(=O)N2C1. The molecule has 1 unspecified atom stereocenters. The molecule has 0 radical (unpaired) electrons. The Kier molecular flexibility index (Phi) is 2.58. The Hall–Kier alpha value is -1.84. The number of fused-ring (bicyclic) bond motifs is 3. The molecule has 1 aromatic carbocycles. The van der Waals surface area contributed by atoms with Gasteiger partial charge in [0.05, 0.1) is 12.0 Å². The molecule has 4 heteroatoms. The number of carbonyl (C=O) groups excluding carboxylic acids is 1. The average Bonchev–Trinajstić information content (AvgIpc) is 2.76. The van der Waals surface area contributed by atoms with Gasteiger partial charge in [-0.05, 0) is 24.0 Å². The maximum Gasteiger partial charge on any atom is 0.308 e. The fraction of sp³-hybridized carbons (Fsp3) is 0.429. The van der Waals surface area contributed by atoms with Gasteiger partial charge in [-0.3, -0.25) is 9.59 Å². The van der Waals surface area contributed by atoms with E-state index < -0.39 is 11.9 Å². The summed E-state index contributed by atoms with van der Waals surface area (Å²) in [5.74, 6) is -1.14. The molecule has 0 bridgehead atoms. The molecule has 4 nitrogen and oxygen atoms in total. The number of carboxylic acids is 1. The number of aliphatic carboxylic acids is 1. The number of benzene rings is 1. The summed E-state index contributed by atoms with van der Waals surface area (Å²) in [5, 5.41) is 9.13. The Balaban J connectivity index is 2.01. The molecule has 2 atom stereocenters. The monoisotopic (exact) mass is 245 g/mol. The predicted molar refractivity (Wildman–Crippen MR) is 65.0 cm³/mol. The molecule has 0 saturated carbocycles. The third-order valence-corrected chi connectivity index (χ3v) is 3.99. The molecule has 2 aliphatic rings. The first kappa shape index (κ1) is 11.3. The van der Waals surface area contributed by atoms with Crippen molar-refractivity contribution in [3.05, 3.63) is 35.4 Å². The zero-order valence-electron chi connectivity index (χ0n) is 10.0. The Morgan fingerprint density at radius 1 is 1.28 bits per heavy atom. The normalized spacial score (nSPS) is 26.4. The summed E-state index contributed by atoms with van der Waals surface area (Å²) >= 11 is 0. The number of carboxylic acid groups (broad SMARTS) is 1. The van der Waals surface area contributed by atoms with E-state index in [9.17, 15) is 9.59 Å². The number of amides is 1. The molecule has 1 N–H and O–H groups in total. The molecule has 0 aliphatic carbocycles. The van der Waals surface area contributed by atoms with E-state index in [-0.39, 0.29) is 11.9 Å². The van der Waals surface area contributed by atoms with Crippen LogP contribution in [0.5, 0.6) is 0 Å². The lowest BCUT2D eigenvalue weighted by atomic mass is 9.95. The van der Waals surface area contributed by atoms with Crippen molar-refractivity contribution in [2.75, 3.05) is 6.54 Å². The molecule has 1 saturated heterocycles. The zero-order valence-corrected chi connectivity index (χ0v) is 10.0. The summed E-state index contributed by atoms with van der Waals surface area (Å²) in [6.07, 6.45) is 1.79. The van der Waals surface area contributed by atoms with E-state index in [0.717, 1.165) is 12.0 Å². The van der Waals surface area contributed by atoms with Gasteiger partial charge in [0, 0.05) is 13.0 Å². The molecular formula is C14H15NO3. The summed E-state index contributed by atoms with van der Waals surface area (Å²) in [5.41, 5.74) is 2.32. The molecule has 94 valence electrons. The van der Waals surface area contributed by atoms with E-state index in [2.05, 4.69) is 0 Å². The number of aryl methyl sites for hydroxylation is 1. The maximum atomic E-state index is 12.1. The van der Waals surface area contributed by atoms with Crippen molar-refractivity contribution in [1.82, 2.24) is 4.90 Å². The van der Waals surface area contributed by atoms with Gasteiger partial charge in [-0.2, -0.15) is 0 Å². The Bertz CT molecular complexity index is 512. The van der Waals surface area contributed by atoms with Crippen molar-refractivity contribution in [2.45, 2.75) is 25.3 Å². The smallest absolute Gasteiger partial charge is 0.308 e. The number of nitrogens with zero attached hydrogens (tertiary/aromatic N) is 1. The summed E-state index contributed by atoms with van der Waals surface area (Å²) in [7, 11) is 0. The summed E-state index contributed by atoms with van der Waals surface area (Å²) in [6, 6.07) is 7.96. The average molecular weight is 245 g/mol. The third-order valence-electron chi connectivity index (χ3n) is 3.99. The van der Waals surface area contributed by atoms with Crippen LogP contribution in [0.3, 0.4) is 0 Å². The van der Waals surface area contributed by atoms with Gasteiger partial charge in [0.1, 0.15) is 0 Å². The van der Waals surface area contributed by atoms with Gasteiger partial charge in [-0.1, -0.05) is 24.3 Å². The van der Waals surface area contributed by atoms with Gasteiger partial charge < -0.3 is 10.0 Å². The van der Waals surface area contributed by atoms with Crippen molar-refractivity contribution in [1.29, 1.82) is 0 Å². The van der Waals surface area contributed by atoms with Crippen LogP contribution in [0.1, 0.15) is 30.0 Å². The van der Waals surface area contributed by atoms with Crippen LogP contribution in [-0.2, 0) is 16.0 Å². The highest BCUT2D eigenvalue weighted by molar-refractivity contribution is 5.80. The quantitative estimate of drug-likeness (QED) is 0.817.